The lowest BCUT2D eigenvalue weighted by Crippen LogP contribution is -2.14. The van der Waals surface area contributed by atoms with Crippen LogP contribution >= 0.6 is 11.3 Å². The summed E-state index contributed by atoms with van der Waals surface area (Å²) in [6, 6.07) is 4.44. The second kappa shape index (κ2) is 3.07. The van der Waals surface area contributed by atoms with Gasteiger partial charge in [0.2, 0.25) is 0 Å². The average molecular weight is 209 g/mol. The Morgan fingerprint density at radius 1 is 1.43 bits per heavy atom. The third kappa shape index (κ3) is 1.10. The molecule has 0 aliphatic heterocycles. The highest BCUT2D eigenvalue weighted by Crippen LogP contribution is 2.69. The van der Waals surface area contributed by atoms with Crippen LogP contribution in [0.1, 0.15) is 25.6 Å². The molecule has 1 aromatic rings. The molecule has 1 heterocycles. The molecule has 2 rings (SSSR count). The summed E-state index contributed by atoms with van der Waals surface area (Å²) in [5, 5.41) is 5.49. The minimum absolute atomic E-state index is 0.393. The van der Waals surface area contributed by atoms with E-state index in [9.17, 15) is 0 Å². The normalized spacial score (nSPS) is 34.4. The molecule has 0 amide bonds. The zero-order valence-corrected chi connectivity index (χ0v) is 10.2. The predicted octanol–water partition coefficient (Wildman–Crippen LogP) is 2.88. The van der Waals surface area contributed by atoms with Crippen LogP contribution in [0.5, 0.6) is 0 Å². The lowest BCUT2D eigenvalue weighted by Gasteiger charge is -2.11. The molecular weight excluding hydrogens is 190 g/mol. The molecule has 1 aromatic heterocycles. The molecule has 2 unspecified atom stereocenters. The Labute approximate surface area is 90.5 Å². The van der Waals surface area contributed by atoms with Gasteiger partial charge in [0.05, 0.1) is 0 Å². The first-order chi connectivity index (χ1) is 6.55. The molecule has 0 spiro atoms. The van der Waals surface area contributed by atoms with Crippen molar-refractivity contribution in [3.05, 3.63) is 22.4 Å². The van der Waals surface area contributed by atoms with Crippen LogP contribution in [-0.2, 0) is 5.41 Å². The van der Waals surface area contributed by atoms with Gasteiger partial charge in [-0.05, 0) is 36.4 Å². The minimum Gasteiger partial charge on any atom is -0.319 e. The molecule has 0 aromatic carbocycles. The molecule has 1 N–H and O–H groups in total. The van der Waals surface area contributed by atoms with Crippen molar-refractivity contribution in [3.63, 3.8) is 0 Å². The Kier molecular flexibility index (Phi) is 2.24. The maximum Gasteiger partial charge on any atom is 0.0119 e. The molecule has 2 heteroatoms. The van der Waals surface area contributed by atoms with Crippen LogP contribution in [0, 0.1) is 11.3 Å². The fraction of sp³-hybridized carbons (Fsp3) is 0.667. The molecule has 1 nitrogen and oxygen atoms in total. The first-order valence-electron chi connectivity index (χ1n) is 5.23. The van der Waals surface area contributed by atoms with E-state index in [1.165, 1.54) is 0 Å². The number of nitrogens with one attached hydrogen (secondary N) is 1. The van der Waals surface area contributed by atoms with Gasteiger partial charge in [-0.15, -0.1) is 11.3 Å². The topological polar surface area (TPSA) is 12.0 Å². The molecule has 1 fully saturated rings. The van der Waals surface area contributed by atoms with Gasteiger partial charge in [0.1, 0.15) is 0 Å². The molecule has 1 saturated carbocycles. The molecule has 1 aliphatic rings. The van der Waals surface area contributed by atoms with Crippen molar-refractivity contribution in [2.45, 2.75) is 26.2 Å². The minimum atomic E-state index is 0.393. The largest absolute Gasteiger partial charge is 0.319 e. The standard InChI is InChI=1S/C12H19NS/c1-11(2)9(8-13-4)12(11,3)10-6-5-7-14-10/h5-7,9,13H,8H2,1-4H3. The second-order valence-electron chi connectivity index (χ2n) is 5.01. The molecule has 1 aliphatic carbocycles. The summed E-state index contributed by atoms with van der Waals surface area (Å²) in [5.74, 6) is 0.777. The van der Waals surface area contributed by atoms with Gasteiger partial charge in [-0.25, -0.2) is 0 Å². The van der Waals surface area contributed by atoms with E-state index in [2.05, 4.69) is 43.6 Å². The van der Waals surface area contributed by atoms with E-state index in [-0.39, 0.29) is 0 Å². The fourth-order valence-corrected chi connectivity index (χ4v) is 3.94. The molecule has 0 radical (unpaired) electrons. The number of hydrogen-bond donors (Lipinski definition) is 1. The van der Waals surface area contributed by atoms with Crippen molar-refractivity contribution in [1.82, 2.24) is 5.32 Å². The molecular formula is C12H19NS. The van der Waals surface area contributed by atoms with E-state index in [1.54, 1.807) is 4.88 Å². The highest BCUT2D eigenvalue weighted by atomic mass is 32.1. The van der Waals surface area contributed by atoms with Gasteiger partial charge >= 0.3 is 0 Å². The summed E-state index contributed by atoms with van der Waals surface area (Å²) in [7, 11) is 2.04. The van der Waals surface area contributed by atoms with Crippen molar-refractivity contribution in [2.24, 2.45) is 11.3 Å². The van der Waals surface area contributed by atoms with E-state index in [4.69, 9.17) is 0 Å². The number of hydrogen-bond acceptors (Lipinski definition) is 2. The Morgan fingerprint density at radius 2 is 2.14 bits per heavy atom. The first-order valence-corrected chi connectivity index (χ1v) is 6.11. The molecule has 0 saturated heterocycles. The predicted molar refractivity (Wildman–Crippen MR) is 62.9 cm³/mol. The van der Waals surface area contributed by atoms with Crippen molar-refractivity contribution >= 4 is 11.3 Å². The number of rotatable bonds is 3. The molecule has 14 heavy (non-hydrogen) atoms. The van der Waals surface area contributed by atoms with E-state index >= 15 is 0 Å². The average Bonchev–Trinajstić information content (AvgIpc) is 2.64. The van der Waals surface area contributed by atoms with Crippen LogP contribution < -0.4 is 5.32 Å². The zero-order chi connectivity index (χ0) is 10.4. The van der Waals surface area contributed by atoms with E-state index in [1.807, 2.05) is 18.4 Å². The Bertz CT molecular complexity index is 315. The van der Waals surface area contributed by atoms with Gasteiger partial charge in [-0.2, -0.15) is 0 Å². The Morgan fingerprint density at radius 3 is 2.64 bits per heavy atom. The number of thiophene rings is 1. The summed E-state index contributed by atoms with van der Waals surface area (Å²) >= 11 is 1.90. The highest BCUT2D eigenvalue weighted by molar-refractivity contribution is 7.10. The summed E-state index contributed by atoms with van der Waals surface area (Å²) in [6.07, 6.45) is 0. The summed E-state index contributed by atoms with van der Waals surface area (Å²) < 4.78 is 0. The van der Waals surface area contributed by atoms with Crippen molar-refractivity contribution in [3.8, 4) is 0 Å². The van der Waals surface area contributed by atoms with E-state index in [0.29, 0.717) is 10.8 Å². The summed E-state index contributed by atoms with van der Waals surface area (Å²) in [6.45, 7) is 8.30. The van der Waals surface area contributed by atoms with Crippen LogP contribution in [0.4, 0.5) is 0 Å². The quantitative estimate of drug-likeness (QED) is 0.807. The second-order valence-corrected chi connectivity index (χ2v) is 5.96. The zero-order valence-electron chi connectivity index (χ0n) is 9.42. The van der Waals surface area contributed by atoms with Crippen LogP contribution in [0.25, 0.3) is 0 Å². The van der Waals surface area contributed by atoms with E-state index in [0.717, 1.165) is 12.5 Å². The third-order valence-corrected chi connectivity index (χ3v) is 5.37. The summed E-state index contributed by atoms with van der Waals surface area (Å²) in [5.41, 5.74) is 0.838. The smallest absolute Gasteiger partial charge is 0.0119 e. The van der Waals surface area contributed by atoms with Crippen molar-refractivity contribution in [1.29, 1.82) is 0 Å². The fourth-order valence-electron chi connectivity index (χ4n) is 2.83. The summed E-state index contributed by atoms with van der Waals surface area (Å²) in [4.78, 5) is 1.54. The Balaban J connectivity index is 2.27. The van der Waals surface area contributed by atoms with Gasteiger partial charge in [-0.3, -0.25) is 0 Å². The van der Waals surface area contributed by atoms with Crippen LogP contribution in [0.15, 0.2) is 17.5 Å². The van der Waals surface area contributed by atoms with Crippen LogP contribution in [-0.4, -0.2) is 13.6 Å². The SMILES string of the molecule is CNCC1C(C)(C)C1(C)c1cccs1. The van der Waals surface area contributed by atoms with Crippen molar-refractivity contribution in [2.75, 3.05) is 13.6 Å². The molecule has 0 bridgehead atoms. The maximum absolute atomic E-state index is 3.31. The lowest BCUT2D eigenvalue weighted by molar-refractivity contribution is 0.516. The van der Waals surface area contributed by atoms with Crippen LogP contribution in [0.3, 0.4) is 0 Å². The van der Waals surface area contributed by atoms with E-state index < -0.39 is 0 Å². The highest BCUT2D eigenvalue weighted by Gasteiger charge is 2.68. The van der Waals surface area contributed by atoms with Gasteiger partial charge in [0.15, 0.2) is 0 Å². The lowest BCUT2D eigenvalue weighted by atomic mass is 9.96. The Hall–Kier alpha value is -0.340. The molecule has 2 atom stereocenters. The van der Waals surface area contributed by atoms with Gasteiger partial charge in [-0.1, -0.05) is 26.8 Å². The molecule has 78 valence electrons. The third-order valence-electron chi connectivity index (χ3n) is 4.26. The van der Waals surface area contributed by atoms with Crippen molar-refractivity contribution < 1.29 is 0 Å². The van der Waals surface area contributed by atoms with Gasteiger partial charge < -0.3 is 5.32 Å². The van der Waals surface area contributed by atoms with Gasteiger partial charge in [0.25, 0.3) is 0 Å². The first kappa shape index (κ1) is 10.2. The van der Waals surface area contributed by atoms with Crippen LogP contribution in [0.2, 0.25) is 0 Å². The monoisotopic (exact) mass is 209 g/mol. The van der Waals surface area contributed by atoms with Gasteiger partial charge in [0, 0.05) is 10.3 Å². The maximum atomic E-state index is 3.31.